The van der Waals surface area contributed by atoms with E-state index in [4.69, 9.17) is 0 Å². The standard InChI is InChI=1S/C12H17BrN2OS/c1-8-4-5-14-7-10(8)15-12(16)6-9-2-3-11(13)17-9/h2-3,8,10,14H,4-7H2,1H3,(H,15,16). The number of nitrogens with one attached hydrogen (secondary N) is 2. The van der Waals surface area contributed by atoms with E-state index in [-0.39, 0.29) is 11.9 Å². The molecule has 0 radical (unpaired) electrons. The molecule has 1 saturated heterocycles. The zero-order chi connectivity index (χ0) is 12.3. The summed E-state index contributed by atoms with van der Waals surface area (Å²) in [4.78, 5) is 13.0. The normalized spacial score (nSPS) is 24.6. The third kappa shape index (κ3) is 3.79. The van der Waals surface area contributed by atoms with E-state index in [9.17, 15) is 4.79 Å². The zero-order valence-corrected chi connectivity index (χ0v) is 12.2. The van der Waals surface area contributed by atoms with E-state index in [1.54, 1.807) is 11.3 Å². The van der Waals surface area contributed by atoms with Crippen LogP contribution in [0.4, 0.5) is 0 Å². The van der Waals surface area contributed by atoms with Crippen molar-refractivity contribution in [1.29, 1.82) is 0 Å². The summed E-state index contributed by atoms with van der Waals surface area (Å²) in [5, 5.41) is 6.44. The van der Waals surface area contributed by atoms with Gasteiger partial charge in [-0.05, 0) is 46.9 Å². The number of hydrogen-bond acceptors (Lipinski definition) is 3. The molecular weight excluding hydrogens is 300 g/mol. The van der Waals surface area contributed by atoms with Crippen molar-refractivity contribution in [2.45, 2.75) is 25.8 Å². The SMILES string of the molecule is CC1CCNCC1NC(=O)Cc1ccc(Br)s1. The molecule has 5 heteroatoms. The minimum Gasteiger partial charge on any atom is -0.352 e. The van der Waals surface area contributed by atoms with Crippen LogP contribution < -0.4 is 10.6 Å². The summed E-state index contributed by atoms with van der Waals surface area (Å²) in [7, 11) is 0. The second kappa shape index (κ2) is 5.98. The average Bonchev–Trinajstić information content (AvgIpc) is 2.67. The fraction of sp³-hybridized carbons (Fsp3) is 0.583. The van der Waals surface area contributed by atoms with Crippen molar-refractivity contribution in [2.75, 3.05) is 13.1 Å². The highest BCUT2D eigenvalue weighted by molar-refractivity contribution is 9.11. The molecule has 1 aliphatic heterocycles. The molecular formula is C12H17BrN2OS. The summed E-state index contributed by atoms with van der Waals surface area (Å²) in [5.41, 5.74) is 0. The first-order valence-electron chi connectivity index (χ1n) is 5.89. The minimum absolute atomic E-state index is 0.125. The highest BCUT2D eigenvalue weighted by Gasteiger charge is 2.22. The summed E-state index contributed by atoms with van der Waals surface area (Å²) in [6.45, 7) is 4.15. The van der Waals surface area contributed by atoms with Crippen molar-refractivity contribution in [1.82, 2.24) is 10.6 Å². The Bertz CT molecular complexity index is 394. The average molecular weight is 317 g/mol. The maximum atomic E-state index is 11.9. The van der Waals surface area contributed by atoms with E-state index in [0.717, 1.165) is 28.2 Å². The van der Waals surface area contributed by atoms with Gasteiger partial charge < -0.3 is 10.6 Å². The Morgan fingerprint density at radius 1 is 1.65 bits per heavy atom. The molecule has 0 saturated carbocycles. The second-order valence-electron chi connectivity index (χ2n) is 4.53. The molecule has 1 aromatic rings. The fourth-order valence-corrected chi connectivity index (χ4v) is 3.53. The van der Waals surface area contributed by atoms with Gasteiger partial charge in [0.1, 0.15) is 0 Å². The van der Waals surface area contributed by atoms with Crippen molar-refractivity contribution >= 4 is 33.2 Å². The van der Waals surface area contributed by atoms with Gasteiger partial charge in [-0.1, -0.05) is 6.92 Å². The third-order valence-electron chi connectivity index (χ3n) is 3.14. The lowest BCUT2D eigenvalue weighted by Crippen LogP contribution is -2.50. The van der Waals surface area contributed by atoms with E-state index in [0.29, 0.717) is 12.3 Å². The molecule has 1 fully saturated rings. The molecule has 2 atom stereocenters. The van der Waals surface area contributed by atoms with E-state index in [1.165, 1.54) is 0 Å². The molecule has 1 aliphatic rings. The molecule has 0 aliphatic carbocycles. The predicted molar refractivity (Wildman–Crippen MR) is 74.3 cm³/mol. The molecule has 0 spiro atoms. The first kappa shape index (κ1) is 13.1. The van der Waals surface area contributed by atoms with Gasteiger partial charge in [0.25, 0.3) is 0 Å². The van der Waals surface area contributed by atoms with Gasteiger partial charge in [-0.25, -0.2) is 0 Å². The summed E-state index contributed by atoms with van der Waals surface area (Å²) in [6.07, 6.45) is 1.62. The van der Waals surface area contributed by atoms with Gasteiger partial charge in [0.15, 0.2) is 0 Å². The number of thiophene rings is 1. The molecule has 2 rings (SSSR count). The molecule has 2 unspecified atom stereocenters. The van der Waals surface area contributed by atoms with Crippen LogP contribution in [0.25, 0.3) is 0 Å². The molecule has 3 nitrogen and oxygen atoms in total. The minimum atomic E-state index is 0.125. The summed E-state index contributed by atoms with van der Waals surface area (Å²) >= 11 is 5.03. The van der Waals surface area contributed by atoms with Crippen molar-refractivity contribution in [3.05, 3.63) is 20.8 Å². The molecule has 94 valence electrons. The van der Waals surface area contributed by atoms with Crippen LogP contribution in [0.2, 0.25) is 0 Å². The molecule has 0 bridgehead atoms. The quantitative estimate of drug-likeness (QED) is 0.897. The van der Waals surface area contributed by atoms with E-state index < -0.39 is 0 Å². The van der Waals surface area contributed by atoms with Crippen LogP contribution in [0.15, 0.2) is 15.9 Å². The molecule has 2 heterocycles. The highest BCUT2D eigenvalue weighted by Crippen LogP contribution is 2.22. The lowest BCUT2D eigenvalue weighted by atomic mass is 9.95. The number of carbonyl (C=O) groups excluding carboxylic acids is 1. The fourth-order valence-electron chi connectivity index (χ4n) is 2.05. The van der Waals surface area contributed by atoms with Crippen LogP contribution in [-0.2, 0) is 11.2 Å². The van der Waals surface area contributed by atoms with Crippen LogP contribution in [0.3, 0.4) is 0 Å². The monoisotopic (exact) mass is 316 g/mol. The molecule has 17 heavy (non-hydrogen) atoms. The number of piperidine rings is 1. The number of halogens is 1. The number of carbonyl (C=O) groups is 1. The van der Waals surface area contributed by atoms with Crippen LogP contribution in [0, 0.1) is 5.92 Å². The van der Waals surface area contributed by atoms with Gasteiger partial charge in [0.2, 0.25) is 5.91 Å². The Morgan fingerprint density at radius 2 is 2.47 bits per heavy atom. The predicted octanol–water partition coefficient (Wildman–Crippen LogP) is 2.17. The lowest BCUT2D eigenvalue weighted by molar-refractivity contribution is -0.121. The maximum Gasteiger partial charge on any atom is 0.225 e. The van der Waals surface area contributed by atoms with Gasteiger partial charge in [-0.15, -0.1) is 11.3 Å². The Kier molecular flexibility index (Phi) is 4.59. The van der Waals surface area contributed by atoms with Crippen molar-refractivity contribution in [3.8, 4) is 0 Å². The molecule has 0 aromatic carbocycles. The van der Waals surface area contributed by atoms with E-state index in [1.807, 2.05) is 12.1 Å². The summed E-state index contributed by atoms with van der Waals surface area (Å²) in [5.74, 6) is 0.690. The molecule has 1 amide bonds. The van der Waals surface area contributed by atoms with Crippen molar-refractivity contribution in [2.24, 2.45) is 5.92 Å². The number of hydrogen-bond donors (Lipinski definition) is 2. The number of amides is 1. The second-order valence-corrected chi connectivity index (χ2v) is 7.07. The Balaban J connectivity index is 1.84. The lowest BCUT2D eigenvalue weighted by Gasteiger charge is -2.30. The summed E-state index contributed by atoms with van der Waals surface area (Å²) in [6, 6.07) is 4.26. The zero-order valence-electron chi connectivity index (χ0n) is 9.83. The molecule has 2 N–H and O–H groups in total. The van der Waals surface area contributed by atoms with E-state index in [2.05, 4.69) is 33.5 Å². The van der Waals surface area contributed by atoms with Gasteiger partial charge in [0, 0.05) is 17.5 Å². The van der Waals surface area contributed by atoms with Gasteiger partial charge in [0.05, 0.1) is 10.2 Å². The summed E-state index contributed by atoms with van der Waals surface area (Å²) < 4.78 is 1.08. The van der Waals surface area contributed by atoms with Crippen molar-refractivity contribution < 1.29 is 4.79 Å². The first-order valence-corrected chi connectivity index (χ1v) is 7.50. The number of rotatable bonds is 3. The third-order valence-corrected chi connectivity index (χ3v) is 4.76. The largest absolute Gasteiger partial charge is 0.352 e. The van der Waals surface area contributed by atoms with E-state index >= 15 is 0 Å². The topological polar surface area (TPSA) is 41.1 Å². The first-order chi connectivity index (χ1) is 8.15. The van der Waals surface area contributed by atoms with Crippen LogP contribution in [-0.4, -0.2) is 25.0 Å². The van der Waals surface area contributed by atoms with Crippen LogP contribution >= 0.6 is 27.3 Å². The van der Waals surface area contributed by atoms with Gasteiger partial charge in [-0.3, -0.25) is 4.79 Å². The van der Waals surface area contributed by atoms with Crippen LogP contribution in [0.1, 0.15) is 18.2 Å². The molecule has 1 aromatic heterocycles. The Hall–Kier alpha value is -0.390. The van der Waals surface area contributed by atoms with Gasteiger partial charge in [-0.2, -0.15) is 0 Å². The van der Waals surface area contributed by atoms with Crippen molar-refractivity contribution in [3.63, 3.8) is 0 Å². The Morgan fingerprint density at radius 3 is 3.12 bits per heavy atom. The highest BCUT2D eigenvalue weighted by atomic mass is 79.9. The smallest absolute Gasteiger partial charge is 0.225 e. The van der Waals surface area contributed by atoms with Gasteiger partial charge >= 0.3 is 0 Å². The maximum absolute atomic E-state index is 11.9. The van der Waals surface area contributed by atoms with Crippen LogP contribution in [0.5, 0.6) is 0 Å². The Labute approximate surface area is 114 Å².